The molecule has 4 aromatic heterocycles. The molecule has 6 nitrogen and oxygen atoms in total. The van der Waals surface area contributed by atoms with Gasteiger partial charge in [0.25, 0.3) is 0 Å². The highest BCUT2D eigenvalue weighted by molar-refractivity contribution is 6.15. The number of aromatic nitrogens is 4. The van der Waals surface area contributed by atoms with E-state index in [0.717, 1.165) is 77.2 Å². The number of furan rings is 2. The van der Waals surface area contributed by atoms with E-state index in [0.29, 0.717) is 23.2 Å². The van der Waals surface area contributed by atoms with Gasteiger partial charge in [0.15, 0.2) is 23.1 Å². The molecular weight excluding hydrogens is 604 g/mol. The number of hydrogen-bond acceptors (Lipinski definition) is 6. The fraction of sp³-hybridized carbons (Fsp3) is 0.0233. The van der Waals surface area contributed by atoms with Crippen molar-refractivity contribution in [2.75, 3.05) is 0 Å². The Bertz CT molecular complexity index is 2760. The number of pyridine rings is 1. The summed E-state index contributed by atoms with van der Waals surface area (Å²) in [4.78, 5) is 20.0. The third kappa shape index (κ3) is 4.65. The van der Waals surface area contributed by atoms with Crippen molar-refractivity contribution < 1.29 is 8.83 Å². The van der Waals surface area contributed by atoms with E-state index in [2.05, 4.69) is 54.0 Å². The quantitative estimate of drug-likeness (QED) is 0.181. The van der Waals surface area contributed by atoms with Crippen LogP contribution in [0.3, 0.4) is 0 Å². The van der Waals surface area contributed by atoms with Crippen LogP contribution in [0.2, 0.25) is 0 Å². The molecule has 232 valence electrons. The largest absolute Gasteiger partial charge is 0.456 e. The number of benzene rings is 5. The van der Waals surface area contributed by atoms with Gasteiger partial charge in [0.1, 0.15) is 22.4 Å². The van der Waals surface area contributed by atoms with Crippen LogP contribution in [-0.4, -0.2) is 19.9 Å². The Hall–Kier alpha value is -6.66. The lowest BCUT2D eigenvalue weighted by molar-refractivity contribution is 0.603. The predicted octanol–water partition coefficient (Wildman–Crippen LogP) is 11.4. The molecule has 0 spiro atoms. The normalized spacial score (nSPS) is 11.8. The third-order valence-corrected chi connectivity index (χ3v) is 8.91. The van der Waals surface area contributed by atoms with Crippen LogP contribution in [0.4, 0.5) is 0 Å². The highest BCUT2D eigenvalue weighted by atomic mass is 16.3. The van der Waals surface area contributed by atoms with Crippen LogP contribution in [0.1, 0.15) is 18.2 Å². The first-order valence-corrected chi connectivity index (χ1v) is 16.1. The lowest BCUT2D eigenvalue weighted by Crippen LogP contribution is -2.01. The van der Waals surface area contributed by atoms with Crippen LogP contribution in [-0.2, 0) is 0 Å². The molecular formula is C43H28N4O2. The average Bonchev–Trinajstić information content (AvgIpc) is 3.73. The van der Waals surface area contributed by atoms with Crippen LogP contribution in [0.5, 0.6) is 0 Å². The van der Waals surface area contributed by atoms with Crippen molar-refractivity contribution in [3.8, 4) is 45.3 Å². The fourth-order valence-electron chi connectivity index (χ4n) is 6.80. The van der Waals surface area contributed by atoms with Crippen LogP contribution in [0, 0.1) is 0 Å². The van der Waals surface area contributed by atoms with Gasteiger partial charge in [-0.1, -0.05) is 110 Å². The summed E-state index contributed by atoms with van der Waals surface area (Å²) in [6.07, 6.45) is 7.59. The molecule has 0 unspecified atom stereocenters. The summed E-state index contributed by atoms with van der Waals surface area (Å²) in [5.41, 5.74) is 8.90. The first-order valence-electron chi connectivity index (χ1n) is 16.1. The molecule has 0 amide bonds. The van der Waals surface area contributed by atoms with E-state index in [1.165, 1.54) is 0 Å². The highest BCUT2D eigenvalue weighted by Gasteiger charge is 2.21. The topological polar surface area (TPSA) is 77.8 Å². The van der Waals surface area contributed by atoms with E-state index < -0.39 is 0 Å². The molecule has 4 heterocycles. The van der Waals surface area contributed by atoms with Crippen molar-refractivity contribution >= 4 is 56.0 Å². The molecule has 6 heteroatoms. The maximum absolute atomic E-state index is 6.21. The molecule has 0 saturated carbocycles. The van der Waals surface area contributed by atoms with E-state index in [9.17, 15) is 0 Å². The smallest absolute Gasteiger partial charge is 0.164 e. The molecule has 0 aliphatic rings. The minimum atomic E-state index is 0.561. The van der Waals surface area contributed by atoms with Crippen LogP contribution >= 0.6 is 0 Å². The van der Waals surface area contributed by atoms with E-state index in [4.69, 9.17) is 23.8 Å². The first-order chi connectivity index (χ1) is 24.2. The molecule has 0 N–H and O–H groups in total. The Labute approximate surface area is 281 Å². The van der Waals surface area contributed by atoms with Crippen molar-refractivity contribution in [3.63, 3.8) is 0 Å². The second kappa shape index (κ2) is 11.5. The first kappa shape index (κ1) is 28.6. The summed E-state index contributed by atoms with van der Waals surface area (Å²) in [6, 6.07) is 38.7. The molecule has 0 fully saturated rings. The third-order valence-electron chi connectivity index (χ3n) is 8.91. The summed E-state index contributed by atoms with van der Waals surface area (Å²) in [5, 5.41) is 4.03. The van der Waals surface area contributed by atoms with Gasteiger partial charge in [-0.15, -0.1) is 0 Å². The van der Waals surface area contributed by atoms with Crippen molar-refractivity contribution in [1.29, 1.82) is 0 Å². The van der Waals surface area contributed by atoms with Gasteiger partial charge in [0.2, 0.25) is 0 Å². The standard InChI is InChI=1S/C43H28N4O2/c1-3-13-32-34(4-2)48-35-22-11-21-33(38(32)35)43-46-41(26-14-6-5-7-15-26)45-42(47-43)31-20-9-16-27-28(17-8-18-29(27)31)30-19-10-23-36-39(30)40-37(49-36)24-12-25-44-40/h3-25H,2H2,1H3/b13-3-. The molecule has 9 aromatic rings. The molecule has 49 heavy (non-hydrogen) atoms. The zero-order valence-corrected chi connectivity index (χ0v) is 26.6. The second-order valence-corrected chi connectivity index (χ2v) is 11.8. The molecule has 0 bridgehead atoms. The number of rotatable bonds is 6. The minimum absolute atomic E-state index is 0.561. The van der Waals surface area contributed by atoms with Crippen molar-refractivity contribution in [2.24, 2.45) is 0 Å². The van der Waals surface area contributed by atoms with Gasteiger partial charge in [0, 0.05) is 33.8 Å². The fourth-order valence-corrected chi connectivity index (χ4v) is 6.80. The summed E-state index contributed by atoms with van der Waals surface area (Å²) in [6.45, 7) is 5.98. The van der Waals surface area contributed by atoms with Gasteiger partial charge < -0.3 is 8.83 Å². The van der Waals surface area contributed by atoms with Crippen LogP contribution < -0.4 is 0 Å². The summed E-state index contributed by atoms with van der Waals surface area (Å²) in [7, 11) is 0. The van der Waals surface area contributed by atoms with Crippen LogP contribution in [0.15, 0.2) is 143 Å². The summed E-state index contributed by atoms with van der Waals surface area (Å²) in [5.74, 6) is 2.43. The maximum Gasteiger partial charge on any atom is 0.164 e. The zero-order valence-electron chi connectivity index (χ0n) is 26.6. The second-order valence-electron chi connectivity index (χ2n) is 11.8. The monoisotopic (exact) mass is 632 g/mol. The Morgan fingerprint density at radius 2 is 1.18 bits per heavy atom. The van der Waals surface area contributed by atoms with Crippen LogP contribution in [0.25, 0.3) is 101 Å². The van der Waals surface area contributed by atoms with Gasteiger partial charge in [-0.2, -0.15) is 0 Å². The van der Waals surface area contributed by atoms with E-state index in [1.54, 1.807) is 6.08 Å². The number of nitrogens with zero attached hydrogens (tertiary/aromatic N) is 4. The lowest BCUT2D eigenvalue weighted by Gasteiger charge is -2.13. The SMILES string of the molecule is C=Cc1oc2cccc(-c3nc(-c4ccccc4)nc(-c4cccc5c(-c6cccc7oc8cccnc8c67)cccc45)n3)c2c1/C=C\C. The van der Waals surface area contributed by atoms with Crippen molar-refractivity contribution in [1.82, 2.24) is 19.9 Å². The Morgan fingerprint density at radius 1 is 0.551 bits per heavy atom. The molecule has 0 aliphatic heterocycles. The number of fused-ring (bicyclic) bond motifs is 5. The Kier molecular flexibility index (Phi) is 6.73. The molecule has 0 aliphatic carbocycles. The van der Waals surface area contributed by atoms with Gasteiger partial charge in [-0.3, -0.25) is 4.98 Å². The van der Waals surface area contributed by atoms with Gasteiger partial charge in [-0.05, 0) is 59.2 Å². The molecule has 0 atom stereocenters. The van der Waals surface area contributed by atoms with E-state index in [1.807, 2.05) is 98.1 Å². The highest BCUT2D eigenvalue weighted by Crippen LogP contribution is 2.41. The lowest BCUT2D eigenvalue weighted by atomic mass is 9.93. The number of allylic oxidation sites excluding steroid dienone is 1. The van der Waals surface area contributed by atoms with Gasteiger partial charge in [-0.25, -0.2) is 15.0 Å². The van der Waals surface area contributed by atoms with Crippen molar-refractivity contribution in [3.05, 3.63) is 145 Å². The van der Waals surface area contributed by atoms with Gasteiger partial charge >= 0.3 is 0 Å². The summed E-state index contributed by atoms with van der Waals surface area (Å²) < 4.78 is 12.4. The molecule has 0 saturated heterocycles. The Balaban J connectivity index is 1.30. The van der Waals surface area contributed by atoms with Gasteiger partial charge in [0.05, 0.1) is 5.39 Å². The summed E-state index contributed by atoms with van der Waals surface area (Å²) >= 11 is 0. The molecule has 0 radical (unpaired) electrons. The Morgan fingerprint density at radius 3 is 1.96 bits per heavy atom. The predicted molar refractivity (Wildman–Crippen MR) is 199 cm³/mol. The minimum Gasteiger partial charge on any atom is -0.456 e. The number of hydrogen-bond donors (Lipinski definition) is 0. The van der Waals surface area contributed by atoms with Crippen molar-refractivity contribution in [2.45, 2.75) is 6.92 Å². The average molecular weight is 633 g/mol. The van der Waals surface area contributed by atoms with E-state index >= 15 is 0 Å². The van der Waals surface area contributed by atoms with E-state index in [-0.39, 0.29) is 0 Å². The maximum atomic E-state index is 6.21. The zero-order chi connectivity index (χ0) is 32.9. The molecule has 9 rings (SSSR count). The molecule has 5 aromatic carbocycles.